The molecule has 3 rings (SSSR count). The molecule has 0 atom stereocenters. The third kappa shape index (κ3) is 2.69. The molecular formula is C18H16O7. The molecule has 0 saturated carbocycles. The minimum absolute atomic E-state index is 0.0151. The Kier molecular flexibility index (Phi) is 4.14. The maximum atomic E-state index is 12.4. The van der Waals surface area contributed by atoms with E-state index in [1.54, 1.807) is 12.1 Å². The molecule has 0 fully saturated rings. The lowest BCUT2D eigenvalue weighted by Crippen LogP contribution is -2.04. The molecule has 7 heteroatoms. The lowest BCUT2D eigenvalue weighted by molar-refractivity contribution is 0.338. The van der Waals surface area contributed by atoms with Gasteiger partial charge in [-0.1, -0.05) is 6.07 Å². The molecule has 0 unspecified atom stereocenters. The van der Waals surface area contributed by atoms with Crippen molar-refractivity contribution in [1.29, 1.82) is 0 Å². The molecule has 0 spiro atoms. The van der Waals surface area contributed by atoms with Gasteiger partial charge in [0.1, 0.15) is 0 Å². The van der Waals surface area contributed by atoms with Crippen LogP contribution in [0.2, 0.25) is 0 Å². The molecule has 0 radical (unpaired) electrons. The maximum absolute atomic E-state index is 12.4. The SMILES string of the molecule is COc1cc(-c2cc3cc(OC)c(O)c(OC)c3oc2=O)ccc1O. The van der Waals surface area contributed by atoms with Crippen molar-refractivity contribution in [2.24, 2.45) is 0 Å². The normalized spacial score (nSPS) is 10.7. The van der Waals surface area contributed by atoms with E-state index < -0.39 is 5.63 Å². The summed E-state index contributed by atoms with van der Waals surface area (Å²) in [6.45, 7) is 0. The molecule has 2 N–H and O–H groups in total. The first-order valence-electron chi connectivity index (χ1n) is 7.29. The minimum Gasteiger partial charge on any atom is -0.504 e. The van der Waals surface area contributed by atoms with Gasteiger partial charge in [0.15, 0.2) is 22.8 Å². The molecule has 130 valence electrons. The smallest absolute Gasteiger partial charge is 0.344 e. The Morgan fingerprint density at radius 3 is 2.28 bits per heavy atom. The Balaban J connectivity index is 2.30. The van der Waals surface area contributed by atoms with E-state index in [0.717, 1.165) is 0 Å². The van der Waals surface area contributed by atoms with Crippen LogP contribution in [0.25, 0.3) is 22.1 Å². The van der Waals surface area contributed by atoms with Gasteiger partial charge in [0.05, 0.1) is 26.9 Å². The van der Waals surface area contributed by atoms with Gasteiger partial charge in [-0.15, -0.1) is 0 Å². The van der Waals surface area contributed by atoms with Crippen LogP contribution in [0, 0.1) is 0 Å². The first kappa shape index (κ1) is 16.5. The Morgan fingerprint density at radius 2 is 1.64 bits per heavy atom. The standard InChI is InChI=1S/C18H16O7/c1-22-13-7-9(4-5-12(13)19)11-6-10-8-14(23-2)15(20)17(24-3)16(10)25-18(11)21/h4-8,19-20H,1-3H3. The van der Waals surface area contributed by atoms with Crippen LogP contribution in [-0.2, 0) is 0 Å². The molecule has 0 saturated heterocycles. The highest BCUT2D eigenvalue weighted by molar-refractivity contribution is 5.90. The van der Waals surface area contributed by atoms with Crippen molar-refractivity contribution < 1.29 is 28.8 Å². The van der Waals surface area contributed by atoms with Crippen LogP contribution in [0.15, 0.2) is 39.5 Å². The minimum atomic E-state index is -0.622. The molecule has 1 heterocycles. The second-order valence-electron chi connectivity index (χ2n) is 5.21. The fourth-order valence-electron chi connectivity index (χ4n) is 2.59. The Morgan fingerprint density at radius 1 is 0.920 bits per heavy atom. The number of benzene rings is 2. The lowest BCUT2D eigenvalue weighted by atomic mass is 10.0. The summed E-state index contributed by atoms with van der Waals surface area (Å²) in [5.74, 6) is 0.149. The van der Waals surface area contributed by atoms with E-state index in [2.05, 4.69) is 0 Å². The number of phenolic OH excluding ortho intramolecular Hbond substituents is 2. The van der Waals surface area contributed by atoms with E-state index in [-0.39, 0.29) is 39.9 Å². The Labute approximate surface area is 142 Å². The number of fused-ring (bicyclic) bond motifs is 1. The predicted molar refractivity (Wildman–Crippen MR) is 90.9 cm³/mol. The maximum Gasteiger partial charge on any atom is 0.344 e. The van der Waals surface area contributed by atoms with Crippen molar-refractivity contribution in [3.05, 3.63) is 40.8 Å². The van der Waals surface area contributed by atoms with Crippen LogP contribution in [0.1, 0.15) is 0 Å². The van der Waals surface area contributed by atoms with Gasteiger partial charge < -0.3 is 28.8 Å². The quantitative estimate of drug-likeness (QED) is 0.702. The van der Waals surface area contributed by atoms with Crippen molar-refractivity contribution in [2.45, 2.75) is 0 Å². The highest BCUT2D eigenvalue weighted by atomic mass is 16.5. The van der Waals surface area contributed by atoms with E-state index in [0.29, 0.717) is 10.9 Å². The summed E-state index contributed by atoms with van der Waals surface area (Å²) in [7, 11) is 4.18. The third-order valence-electron chi connectivity index (χ3n) is 3.83. The molecule has 0 aliphatic carbocycles. The Bertz CT molecular complexity index is 1000. The van der Waals surface area contributed by atoms with Gasteiger partial charge in [-0.05, 0) is 29.8 Å². The van der Waals surface area contributed by atoms with Crippen LogP contribution in [0.5, 0.6) is 28.7 Å². The average molecular weight is 344 g/mol. The van der Waals surface area contributed by atoms with Gasteiger partial charge in [-0.3, -0.25) is 0 Å². The fourth-order valence-corrected chi connectivity index (χ4v) is 2.59. The van der Waals surface area contributed by atoms with Gasteiger partial charge >= 0.3 is 5.63 Å². The fraction of sp³-hybridized carbons (Fsp3) is 0.167. The van der Waals surface area contributed by atoms with Crippen molar-refractivity contribution in [1.82, 2.24) is 0 Å². The molecule has 0 bridgehead atoms. The molecule has 25 heavy (non-hydrogen) atoms. The second kappa shape index (κ2) is 6.27. The van der Waals surface area contributed by atoms with Crippen molar-refractivity contribution in [3.8, 4) is 39.9 Å². The van der Waals surface area contributed by atoms with Crippen LogP contribution >= 0.6 is 0 Å². The van der Waals surface area contributed by atoms with Gasteiger partial charge in [-0.25, -0.2) is 4.79 Å². The molecule has 0 aliphatic rings. The van der Waals surface area contributed by atoms with Crippen LogP contribution in [0.4, 0.5) is 0 Å². The largest absolute Gasteiger partial charge is 0.504 e. The summed E-state index contributed by atoms with van der Waals surface area (Å²) in [5.41, 5.74) is 0.264. The van der Waals surface area contributed by atoms with E-state index in [9.17, 15) is 15.0 Å². The number of hydrogen-bond donors (Lipinski definition) is 2. The number of methoxy groups -OCH3 is 3. The first-order valence-corrected chi connectivity index (χ1v) is 7.29. The molecule has 0 aliphatic heterocycles. The summed E-state index contributed by atoms with van der Waals surface area (Å²) < 4.78 is 20.7. The molecular weight excluding hydrogens is 328 g/mol. The van der Waals surface area contributed by atoms with Crippen molar-refractivity contribution in [3.63, 3.8) is 0 Å². The zero-order valence-electron chi connectivity index (χ0n) is 13.8. The van der Waals surface area contributed by atoms with Gasteiger partial charge in [0, 0.05) is 5.39 Å². The summed E-state index contributed by atoms with van der Waals surface area (Å²) in [6, 6.07) is 7.66. The van der Waals surface area contributed by atoms with E-state index in [1.807, 2.05) is 0 Å². The first-order chi connectivity index (χ1) is 12.0. The second-order valence-corrected chi connectivity index (χ2v) is 5.21. The third-order valence-corrected chi connectivity index (χ3v) is 3.83. The van der Waals surface area contributed by atoms with Crippen LogP contribution in [-0.4, -0.2) is 31.5 Å². The van der Waals surface area contributed by atoms with E-state index in [1.165, 1.54) is 39.5 Å². The summed E-state index contributed by atoms with van der Waals surface area (Å²) in [4.78, 5) is 12.4. The van der Waals surface area contributed by atoms with Gasteiger partial charge in [0.2, 0.25) is 11.5 Å². The van der Waals surface area contributed by atoms with Gasteiger partial charge in [0.25, 0.3) is 0 Å². The number of rotatable bonds is 4. The number of ether oxygens (including phenoxy) is 3. The number of hydrogen-bond acceptors (Lipinski definition) is 7. The molecule has 0 amide bonds. The molecule has 7 nitrogen and oxygen atoms in total. The van der Waals surface area contributed by atoms with Gasteiger partial charge in [-0.2, -0.15) is 0 Å². The number of phenols is 2. The molecule has 3 aromatic rings. The summed E-state index contributed by atoms with van der Waals surface area (Å²) in [5, 5.41) is 20.3. The number of aromatic hydroxyl groups is 2. The lowest BCUT2D eigenvalue weighted by Gasteiger charge is -2.12. The zero-order valence-corrected chi connectivity index (χ0v) is 13.8. The molecule has 2 aromatic carbocycles. The van der Waals surface area contributed by atoms with E-state index >= 15 is 0 Å². The zero-order chi connectivity index (χ0) is 18.1. The highest BCUT2D eigenvalue weighted by Gasteiger charge is 2.19. The van der Waals surface area contributed by atoms with Crippen molar-refractivity contribution in [2.75, 3.05) is 21.3 Å². The van der Waals surface area contributed by atoms with E-state index in [4.69, 9.17) is 18.6 Å². The Hall–Kier alpha value is -3.35. The monoisotopic (exact) mass is 344 g/mol. The van der Waals surface area contributed by atoms with Crippen molar-refractivity contribution >= 4 is 11.0 Å². The highest BCUT2D eigenvalue weighted by Crippen LogP contribution is 2.42. The van der Waals surface area contributed by atoms with Crippen LogP contribution in [0.3, 0.4) is 0 Å². The van der Waals surface area contributed by atoms with Crippen LogP contribution < -0.4 is 19.8 Å². The topological polar surface area (TPSA) is 98.4 Å². The summed E-state index contributed by atoms with van der Waals surface area (Å²) >= 11 is 0. The molecule has 1 aromatic heterocycles. The summed E-state index contributed by atoms with van der Waals surface area (Å²) in [6.07, 6.45) is 0. The predicted octanol–water partition coefficient (Wildman–Crippen LogP) is 2.90. The average Bonchev–Trinajstić information content (AvgIpc) is 2.61.